The molecule has 1 aliphatic rings. The van der Waals surface area contributed by atoms with E-state index in [0.29, 0.717) is 23.4 Å². The van der Waals surface area contributed by atoms with E-state index in [2.05, 4.69) is 9.59 Å². The first-order chi connectivity index (χ1) is 9.68. The quantitative estimate of drug-likeness (QED) is 0.902. The molecule has 6 nitrogen and oxygen atoms in total. The van der Waals surface area contributed by atoms with E-state index in [9.17, 15) is 14.7 Å². The molecule has 20 heavy (non-hydrogen) atoms. The number of rotatable bonds is 2. The number of fused-ring (bicyclic) bond motifs is 1. The Labute approximate surface area is 118 Å². The van der Waals surface area contributed by atoms with Gasteiger partial charge in [-0.1, -0.05) is 28.8 Å². The summed E-state index contributed by atoms with van der Waals surface area (Å²) in [6.07, 6.45) is 2.02. The molecule has 0 spiro atoms. The van der Waals surface area contributed by atoms with Crippen LogP contribution in [0.5, 0.6) is 0 Å². The van der Waals surface area contributed by atoms with Crippen molar-refractivity contribution in [2.45, 2.75) is 12.5 Å². The summed E-state index contributed by atoms with van der Waals surface area (Å²) in [7, 11) is 0. The second-order valence-electron chi connectivity index (χ2n) is 4.47. The summed E-state index contributed by atoms with van der Waals surface area (Å²) in [5.74, 6) is -1.36. The SMILES string of the molecule is O=C(O)C1c2ccccc2CCN1C(=O)c1cnns1. The summed E-state index contributed by atoms with van der Waals surface area (Å²) in [5, 5.41) is 13.1. The van der Waals surface area contributed by atoms with Crippen LogP contribution in [0, 0.1) is 0 Å². The van der Waals surface area contributed by atoms with Crippen molar-refractivity contribution < 1.29 is 14.7 Å². The molecule has 2 aromatic rings. The topological polar surface area (TPSA) is 83.4 Å². The molecule has 3 rings (SSSR count). The van der Waals surface area contributed by atoms with Gasteiger partial charge in [0.25, 0.3) is 5.91 Å². The van der Waals surface area contributed by atoms with E-state index >= 15 is 0 Å². The summed E-state index contributed by atoms with van der Waals surface area (Å²) in [6, 6.07) is 6.38. The predicted octanol–water partition coefficient (Wildman–Crippen LogP) is 1.36. The van der Waals surface area contributed by atoms with Crippen LogP contribution in [-0.2, 0) is 11.2 Å². The summed E-state index contributed by atoms with van der Waals surface area (Å²) < 4.78 is 3.65. The Morgan fingerprint density at radius 1 is 1.35 bits per heavy atom. The Balaban J connectivity index is 2.01. The van der Waals surface area contributed by atoms with E-state index < -0.39 is 12.0 Å². The predicted molar refractivity (Wildman–Crippen MR) is 71.5 cm³/mol. The van der Waals surface area contributed by atoms with Gasteiger partial charge in [-0.2, -0.15) is 0 Å². The molecule has 1 atom stereocenters. The van der Waals surface area contributed by atoms with Crippen molar-refractivity contribution in [1.82, 2.24) is 14.5 Å². The minimum Gasteiger partial charge on any atom is -0.479 e. The zero-order chi connectivity index (χ0) is 14.1. The number of carboxylic acids is 1. The van der Waals surface area contributed by atoms with Crippen LogP contribution in [0.15, 0.2) is 30.5 Å². The number of carbonyl (C=O) groups excluding carboxylic acids is 1. The summed E-state index contributed by atoms with van der Waals surface area (Å²) in [6.45, 7) is 0.380. The molecule has 7 heteroatoms. The number of amides is 1. The standard InChI is InChI=1S/C13H11N3O3S/c17-12(10-7-14-15-20-10)16-6-5-8-3-1-2-4-9(8)11(16)13(18)19/h1-4,7,11H,5-6H2,(H,18,19). The van der Waals surface area contributed by atoms with Gasteiger partial charge in [-0.25, -0.2) is 4.79 Å². The third-order valence-electron chi connectivity index (χ3n) is 3.35. The van der Waals surface area contributed by atoms with Crippen molar-refractivity contribution in [2.24, 2.45) is 0 Å². The lowest BCUT2D eigenvalue weighted by Gasteiger charge is -2.34. The third kappa shape index (κ3) is 2.05. The molecule has 2 heterocycles. The molecule has 1 aromatic heterocycles. The van der Waals surface area contributed by atoms with Gasteiger partial charge in [0.1, 0.15) is 4.88 Å². The minimum atomic E-state index is -1.03. The van der Waals surface area contributed by atoms with Crippen LogP contribution in [0.25, 0.3) is 0 Å². The van der Waals surface area contributed by atoms with E-state index in [4.69, 9.17) is 0 Å². The number of hydrogen-bond acceptors (Lipinski definition) is 5. The number of carbonyl (C=O) groups is 2. The molecule has 1 amide bonds. The first-order valence-corrected chi connectivity index (χ1v) is 6.85. The molecule has 1 N–H and O–H groups in total. The first-order valence-electron chi connectivity index (χ1n) is 6.07. The van der Waals surface area contributed by atoms with E-state index in [1.807, 2.05) is 12.1 Å². The van der Waals surface area contributed by atoms with E-state index in [1.165, 1.54) is 11.1 Å². The van der Waals surface area contributed by atoms with Crippen molar-refractivity contribution in [3.63, 3.8) is 0 Å². The Morgan fingerprint density at radius 3 is 2.85 bits per heavy atom. The first kappa shape index (κ1) is 12.7. The highest BCUT2D eigenvalue weighted by molar-refractivity contribution is 7.07. The molecule has 0 saturated carbocycles. The van der Waals surface area contributed by atoms with E-state index in [0.717, 1.165) is 17.1 Å². The van der Waals surface area contributed by atoms with Crippen LogP contribution in [0.4, 0.5) is 0 Å². The van der Waals surface area contributed by atoms with Crippen molar-refractivity contribution in [3.05, 3.63) is 46.5 Å². The fourth-order valence-corrected chi connectivity index (χ4v) is 2.93. The maximum absolute atomic E-state index is 12.4. The highest BCUT2D eigenvalue weighted by Crippen LogP contribution is 2.31. The average molecular weight is 289 g/mol. The monoisotopic (exact) mass is 289 g/mol. The molecular formula is C13H11N3O3S. The van der Waals surface area contributed by atoms with Gasteiger partial charge in [-0.3, -0.25) is 4.79 Å². The lowest BCUT2D eigenvalue weighted by Crippen LogP contribution is -2.43. The van der Waals surface area contributed by atoms with Crippen LogP contribution in [-0.4, -0.2) is 38.0 Å². The zero-order valence-electron chi connectivity index (χ0n) is 10.4. The van der Waals surface area contributed by atoms with Gasteiger partial charge in [-0.05, 0) is 29.1 Å². The lowest BCUT2D eigenvalue weighted by molar-refractivity contribution is -0.143. The maximum atomic E-state index is 12.4. The number of aliphatic carboxylic acids is 1. The van der Waals surface area contributed by atoms with Gasteiger partial charge in [0, 0.05) is 6.54 Å². The fraction of sp³-hybridized carbons (Fsp3) is 0.231. The van der Waals surface area contributed by atoms with Crippen LogP contribution >= 0.6 is 11.5 Å². The van der Waals surface area contributed by atoms with Crippen molar-refractivity contribution in [2.75, 3.05) is 6.54 Å². The molecule has 1 aliphatic heterocycles. The van der Waals surface area contributed by atoms with Gasteiger partial charge in [0.15, 0.2) is 6.04 Å². The molecule has 102 valence electrons. The number of nitrogens with zero attached hydrogens (tertiary/aromatic N) is 3. The number of aromatic nitrogens is 2. The second kappa shape index (κ2) is 5.01. The van der Waals surface area contributed by atoms with E-state index in [-0.39, 0.29) is 5.91 Å². The molecule has 0 aliphatic carbocycles. The smallest absolute Gasteiger partial charge is 0.331 e. The molecule has 1 unspecified atom stereocenters. The second-order valence-corrected chi connectivity index (χ2v) is 5.26. The highest BCUT2D eigenvalue weighted by atomic mass is 32.1. The molecule has 1 aromatic carbocycles. The van der Waals surface area contributed by atoms with Crippen LogP contribution in [0.3, 0.4) is 0 Å². The zero-order valence-corrected chi connectivity index (χ0v) is 11.2. The maximum Gasteiger partial charge on any atom is 0.331 e. The summed E-state index contributed by atoms with van der Waals surface area (Å²) in [4.78, 5) is 25.7. The Bertz CT molecular complexity index is 657. The van der Waals surface area contributed by atoms with Crippen LogP contribution < -0.4 is 0 Å². The van der Waals surface area contributed by atoms with Crippen molar-refractivity contribution in [1.29, 1.82) is 0 Å². The van der Waals surface area contributed by atoms with E-state index in [1.54, 1.807) is 12.1 Å². The minimum absolute atomic E-state index is 0.332. The number of carboxylic acid groups (broad SMARTS) is 1. The fourth-order valence-electron chi connectivity index (χ4n) is 2.45. The summed E-state index contributed by atoms with van der Waals surface area (Å²) in [5.41, 5.74) is 1.66. The van der Waals surface area contributed by atoms with Gasteiger partial charge in [0.05, 0.1) is 6.20 Å². The Hall–Kier alpha value is -2.28. The molecule has 0 fully saturated rings. The van der Waals surface area contributed by atoms with Gasteiger partial charge in [-0.15, -0.1) is 5.10 Å². The van der Waals surface area contributed by atoms with Gasteiger partial charge < -0.3 is 10.0 Å². The molecule has 0 radical (unpaired) electrons. The van der Waals surface area contributed by atoms with Gasteiger partial charge >= 0.3 is 5.97 Å². The molecule has 0 bridgehead atoms. The molecule has 0 saturated heterocycles. The average Bonchev–Trinajstić information content (AvgIpc) is 2.99. The number of benzene rings is 1. The van der Waals surface area contributed by atoms with Crippen molar-refractivity contribution >= 4 is 23.4 Å². The summed E-state index contributed by atoms with van der Waals surface area (Å²) >= 11 is 0.974. The third-order valence-corrected chi connectivity index (χ3v) is 4.00. The van der Waals surface area contributed by atoms with Crippen molar-refractivity contribution in [3.8, 4) is 0 Å². The van der Waals surface area contributed by atoms with Gasteiger partial charge in [0.2, 0.25) is 0 Å². The number of hydrogen-bond donors (Lipinski definition) is 1. The Morgan fingerprint density at radius 2 is 2.15 bits per heavy atom. The van der Waals surface area contributed by atoms with Crippen LogP contribution in [0.2, 0.25) is 0 Å². The van der Waals surface area contributed by atoms with Crippen LogP contribution in [0.1, 0.15) is 26.8 Å². The highest BCUT2D eigenvalue weighted by Gasteiger charge is 2.36. The lowest BCUT2D eigenvalue weighted by atomic mass is 9.92. The molecular weight excluding hydrogens is 278 g/mol. The largest absolute Gasteiger partial charge is 0.479 e. The Kier molecular flexibility index (Phi) is 3.19. The normalized spacial score (nSPS) is 17.6.